The van der Waals surface area contributed by atoms with Crippen molar-refractivity contribution >= 4 is 11.6 Å². The predicted octanol–water partition coefficient (Wildman–Crippen LogP) is 1.30. The van der Waals surface area contributed by atoms with Gasteiger partial charge in [0.2, 0.25) is 0 Å². The topological polar surface area (TPSA) is 111 Å². The molecule has 0 aliphatic carbocycles. The van der Waals surface area contributed by atoms with E-state index in [9.17, 15) is 23.1 Å². The van der Waals surface area contributed by atoms with Gasteiger partial charge in [0.05, 0.1) is 12.2 Å². The molecule has 0 aliphatic rings. The van der Waals surface area contributed by atoms with Crippen molar-refractivity contribution in [2.45, 2.75) is 38.4 Å². The van der Waals surface area contributed by atoms with E-state index in [1.165, 1.54) is 11.6 Å². The minimum Gasteiger partial charge on any atom is -0.385 e. The fourth-order valence-corrected chi connectivity index (χ4v) is 2.72. The van der Waals surface area contributed by atoms with Gasteiger partial charge in [-0.2, -0.15) is 18.3 Å². The summed E-state index contributed by atoms with van der Waals surface area (Å²) in [6.45, 7) is 0.251. The van der Waals surface area contributed by atoms with Crippen LogP contribution in [0, 0.1) is 0 Å². The van der Waals surface area contributed by atoms with E-state index in [2.05, 4.69) is 15.2 Å². The molecule has 13 heteroatoms. The Kier molecular flexibility index (Phi) is 5.78. The number of hydrogen-bond donors (Lipinski definition) is 2. The van der Waals surface area contributed by atoms with Crippen LogP contribution in [-0.2, 0) is 13.1 Å². The predicted molar refractivity (Wildman–Crippen MR) is 94.7 cm³/mol. The molecule has 3 rings (SSSR count). The van der Waals surface area contributed by atoms with Crippen molar-refractivity contribution in [2.24, 2.45) is 0 Å². The highest BCUT2D eigenvalue weighted by Gasteiger charge is 2.38. The Morgan fingerprint density at radius 2 is 2.00 bits per heavy atom. The molecule has 2 heterocycles. The lowest BCUT2D eigenvalue weighted by atomic mass is 10.3. The second-order valence-electron chi connectivity index (χ2n) is 6.23. The Hall–Kier alpha value is -2.70. The van der Waals surface area contributed by atoms with Crippen molar-refractivity contribution in [1.29, 1.82) is 0 Å². The van der Waals surface area contributed by atoms with E-state index in [4.69, 9.17) is 16.7 Å². The van der Waals surface area contributed by atoms with Crippen molar-refractivity contribution < 1.29 is 23.4 Å². The van der Waals surface area contributed by atoms with Crippen LogP contribution in [0.1, 0.15) is 24.7 Å². The molecule has 0 saturated heterocycles. The van der Waals surface area contributed by atoms with Crippen molar-refractivity contribution in [3.8, 4) is 5.69 Å². The van der Waals surface area contributed by atoms with E-state index in [-0.39, 0.29) is 18.2 Å². The van der Waals surface area contributed by atoms with Crippen LogP contribution in [0.4, 0.5) is 13.2 Å². The van der Waals surface area contributed by atoms with Crippen LogP contribution < -0.4 is 5.69 Å². The second-order valence-corrected chi connectivity index (χ2v) is 6.67. The van der Waals surface area contributed by atoms with Crippen molar-refractivity contribution in [1.82, 2.24) is 29.1 Å². The standard InChI is InChI=1S/C16H16ClF3N6O3/c1-9(27)14-22-13(23-26(14)11-4-2-3-10(17)5-11)7-25-15(29)24(8-21-25)6-12(28)16(18,19)20/h2-5,8-9,12,27-28H,6-7H2,1H3/t9-,12-/m0/s1. The summed E-state index contributed by atoms with van der Waals surface area (Å²) < 4.78 is 40.3. The molecule has 29 heavy (non-hydrogen) atoms. The number of alkyl halides is 3. The first kappa shape index (κ1) is 21.0. The van der Waals surface area contributed by atoms with E-state index < -0.39 is 30.6 Å². The quantitative estimate of drug-likeness (QED) is 0.607. The largest absolute Gasteiger partial charge is 0.416 e. The highest BCUT2D eigenvalue weighted by Crippen LogP contribution is 2.21. The molecule has 2 atom stereocenters. The number of benzene rings is 1. The number of rotatable bonds is 6. The minimum atomic E-state index is -4.86. The van der Waals surface area contributed by atoms with Gasteiger partial charge in [-0.15, -0.1) is 5.10 Å². The van der Waals surface area contributed by atoms with Gasteiger partial charge in [0.25, 0.3) is 0 Å². The zero-order valence-corrected chi connectivity index (χ0v) is 15.7. The van der Waals surface area contributed by atoms with E-state index in [1.807, 2.05) is 0 Å². The zero-order valence-electron chi connectivity index (χ0n) is 15.0. The Bertz CT molecular complexity index is 1060. The molecule has 0 bridgehead atoms. The molecule has 0 unspecified atom stereocenters. The maximum Gasteiger partial charge on any atom is 0.416 e. The third-order valence-corrected chi connectivity index (χ3v) is 4.17. The summed E-state index contributed by atoms with van der Waals surface area (Å²) in [6.07, 6.45) is -7.66. The maximum absolute atomic E-state index is 12.5. The maximum atomic E-state index is 12.5. The van der Waals surface area contributed by atoms with E-state index in [1.54, 1.807) is 24.3 Å². The molecule has 3 aromatic rings. The molecule has 0 radical (unpaired) electrons. The van der Waals surface area contributed by atoms with Crippen molar-refractivity contribution in [3.05, 3.63) is 57.7 Å². The number of aliphatic hydroxyl groups excluding tert-OH is 2. The molecule has 0 aliphatic heterocycles. The Morgan fingerprint density at radius 1 is 1.28 bits per heavy atom. The summed E-state index contributed by atoms with van der Waals surface area (Å²) in [5.74, 6) is 0.284. The van der Waals surface area contributed by atoms with Gasteiger partial charge >= 0.3 is 11.9 Å². The molecule has 0 fully saturated rings. The fourth-order valence-electron chi connectivity index (χ4n) is 2.53. The molecular formula is C16H16ClF3N6O3. The molecular weight excluding hydrogens is 417 g/mol. The molecule has 0 amide bonds. The first-order chi connectivity index (χ1) is 13.6. The molecule has 0 saturated carbocycles. The van der Waals surface area contributed by atoms with E-state index >= 15 is 0 Å². The Morgan fingerprint density at radius 3 is 2.62 bits per heavy atom. The Balaban J connectivity index is 1.88. The second kappa shape index (κ2) is 7.97. The first-order valence-corrected chi connectivity index (χ1v) is 8.71. The number of halogens is 4. The molecule has 1 aromatic carbocycles. The van der Waals surface area contributed by atoms with Gasteiger partial charge in [0, 0.05) is 5.02 Å². The molecule has 2 N–H and O–H groups in total. The highest BCUT2D eigenvalue weighted by molar-refractivity contribution is 6.30. The van der Waals surface area contributed by atoms with Gasteiger partial charge in [0.1, 0.15) is 19.0 Å². The number of aliphatic hydroxyl groups is 2. The van der Waals surface area contributed by atoms with E-state index in [0.717, 1.165) is 11.0 Å². The number of nitrogens with zero attached hydrogens (tertiary/aromatic N) is 6. The molecule has 156 valence electrons. The molecule has 0 spiro atoms. The lowest BCUT2D eigenvalue weighted by Gasteiger charge is -2.13. The van der Waals surface area contributed by atoms with Crippen LogP contribution in [0.25, 0.3) is 5.69 Å². The van der Waals surface area contributed by atoms with E-state index in [0.29, 0.717) is 15.3 Å². The summed E-state index contributed by atoms with van der Waals surface area (Å²) in [7, 11) is 0. The lowest BCUT2D eigenvalue weighted by Crippen LogP contribution is -2.36. The average Bonchev–Trinajstić information content (AvgIpc) is 3.20. The smallest absolute Gasteiger partial charge is 0.385 e. The highest BCUT2D eigenvalue weighted by atomic mass is 35.5. The number of aromatic nitrogens is 6. The van der Waals surface area contributed by atoms with Gasteiger partial charge in [-0.05, 0) is 25.1 Å². The summed E-state index contributed by atoms with van der Waals surface area (Å²) in [4.78, 5) is 16.4. The van der Waals surface area contributed by atoms with Gasteiger partial charge in [-0.1, -0.05) is 17.7 Å². The fraction of sp³-hybridized carbons (Fsp3) is 0.375. The van der Waals surface area contributed by atoms with Crippen molar-refractivity contribution in [3.63, 3.8) is 0 Å². The average molecular weight is 433 g/mol. The summed E-state index contributed by atoms with van der Waals surface area (Å²) in [5, 5.41) is 27.5. The van der Waals surface area contributed by atoms with Crippen LogP contribution in [-0.4, -0.2) is 51.6 Å². The third kappa shape index (κ3) is 4.66. The normalized spacial score (nSPS) is 14.2. The molecule has 2 aromatic heterocycles. The zero-order chi connectivity index (χ0) is 21.3. The van der Waals surface area contributed by atoms with Crippen LogP contribution >= 0.6 is 11.6 Å². The van der Waals surface area contributed by atoms with Crippen LogP contribution in [0.3, 0.4) is 0 Å². The van der Waals surface area contributed by atoms with Gasteiger partial charge < -0.3 is 10.2 Å². The first-order valence-electron chi connectivity index (χ1n) is 8.33. The van der Waals surface area contributed by atoms with Crippen LogP contribution in [0.2, 0.25) is 5.02 Å². The van der Waals surface area contributed by atoms with Crippen molar-refractivity contribution in [2.75, 3.05) is 0 Å². The summed E-state index contributed by atoms with van der Waals surface area (Å²) in [6, 6.07) is 6.64. The summed E-state index contributed by atoms with van der Waals surface area (Å²) in [5.41, 5.74) is -0.343. The SMILES string of the molecule is C[C@H](O)c1nc(Cn2ncn(C[C@H](O)C(F)(F)F)c2=O)nn1-c1cccc(Cl)c1. The van der Waals surface area contributed by atoms with Gasteiger partial charge in [-0.25, -0.2) is 19.1 Å². The van der Waals surface area contributed by atoms with Crippen LogP contribution in [0.5, 0.6) is 0 Å². The minimum absolute atomic E-state index is 0.101. The lowest BCUT2D eigenvalue weighted by molar-refractivity contribution is -0.207. The van der Waals surface area contributed by atoms with Crippen LogP contribution in [0.15, 0.2) is 35.4 Å². The monoisotopic (exact) mass is 432 g/mol. The van der Waals surface area contributed by atoms with Gasteiger partial charge in [-0.3, -0.25) is 4.57 Å². The third-order valence-electron chi connectivity index (χ3n) is 3.94. The Labute approximate surface area is 166 Å². The molecule has 9 nitrogen and oxygen atoms in total. The van der Waals surface area contributed by atoms with Gasteiger partial charge in [0.15, 0.2) is 17.8 Å². The number of hydrogen-bond acceptors (Lipinski definition) is 6. The summed E-state index contributed by atoms with van der Waals surface area (Å²) >= 11 is 5.98.